The average molecular weight is 404 g/mol. The molecule has 0 unspecified atom stereocenters. The summed E-state index contributed by atoms with van der Waals surface area (Å²) in [6, 6.07) is 3.70. The lowest BCUT2D eigenvalue weighted by Gasteiger charge is -2.28. The summed E-state index contributed by atoms with van der Waals surface area (Å²) in [5, 5.41) is 27.7. The third-order valence-electron chi connectivity index (χ3n) is 4.30. The number of carbonyl (C=O) groups is 1. The zero-order valence-electron chi connectivity index (χ0n) is 17.5. The number of nitrogens with one attached hydrogen (secondary N) is 1. The minimum atomic E-state index is -1.05. The number of carboxylic acids is 1. The van der Waals surface area contributed by atoms with Gasteiger partial charge < -0.3 is 10.2 Å². The van der Waals surface area contributed by atoms with Gasteiger partial charge in [0.15, 0.2) is 0 Å². The number of thioether (sulfide) groups is 1. The maximum atomic E-state index is 11.8. The molecule has 0 aliphatic carbocycles. The molecule has 6 nitrogen and oxygen atoms in total. The van der Waals surface area contributed by atoms with Crippen molar-refractivity contribution in [2.45, 2.75) is 70.9 Å². The zero-order chi connectivity index (χ0) is 21.3. The predicted molar refractivity (Wildman–Crippen MR) is 113 cm³/mol. The van der Waals surface area contributed by atoms with Crippen LogP contribution >= 0.6 is 11.8 Å². The number of rotatable bonds is 5. The van der Waals surface area contributed by atoms with Gasteiger partial charge in [-0.3, -0.25) is 5.10 Å². The molecule has 1 aromatic carbocycles. The zero-order valence-corrected chi connectivity index (χ0v) is 18.4. The Bertz CT molecular complexity index is 867. The van der Waals surface area contributed by atoms with Crippen LogP contribution in [0.4, 0.5) is 0 Å². The largest absolute Gasteiger partial charge is 0.507 e. The van der Waals surface area contributed by atoms with Crippen LogP contribution in [-0.2, 0) is 22.0 Å². The molecule has 0 saturated carbocycles. The highest BCUT2D eigenvalue weighted by molar-refractivity contribution is 8.04. The van der Waals surface area contributed by atoms with Crippen LogP contribution in [0.3, 0.4) is 0 Å². The summed E-state index contributed by atoms with van der Waals surface area (Å²) < 4.78 is 0. The molecule has 0 fully saturated rings. The molecule has 1 aromatic heterocycles. The van der Waals surface area contributed by atoms with Gasteiger partial charge in [-0.1, -0.05) is 48.5 Å². The topological polar surface area (TPSA) is 99.1 Å². The number of aromatic hydroxyl groups is 1. The predicted octanol–water partition coefficient (Wildman–Crippen LogP) is 4.89. The molecule has 2 aromatic rings. The van der Waals surface area contributed by atoms with Gasteiger partial charge in [-0.25, -0.2) is 9.78 Å². The summed E-state index contributed by atoms with van der Waals surface area (Å²) >= 11 is 1.00. The Hall–Kier alpha value is -2.28. The second kappa shape index (κ2) is 7.99. The molecule has 0 amide bonds. The van der Waals surface area contributed by atoms with E-state index in [2.05, 4.69) is 15.2 Å². The molecule has 0 atom stereocenters. The highest BCUT2D eigenvalue weighted by Gasteiger charge is 2.26. The van der Waals surface area contributed by atoms with E-state index < -0.39 is 5.97 Å². The third kappa shape index (κ3) is 5.16. The van der Waals surface area contributed by atoms with Crippen LogP contribution in [0.15, 0.2) is 22.2 Å². The molecule has 152 valence electrons. The lowest BCUT2D eigenvalue weighted by molar-refractivity contribution is -0.131. The van der Waals surface area contributed by atoms with Gasteiger partial charge in [0.05, 0.1) is 0 Å². The third-order valence-corrected chi connectivity index (χ3v) is 5.18. The number of hydrogen-bond acceptors (Lipinski definition) is 5. The molecule has 0 radical (unpaired) electrons. The van der Waals surface area contributed by atoms with E-state index in [4.69, 9.17) is 0 Å². The number of carboxylic acid groups (broad SMARTS) is 1. The number of aryl methyl sites for hydroxylation is 1. The number of aromatic nitrogens is 3. The van der Waals surface area contributed by atoms with E-state index in [1.165, 1.54) is 0 Å². The molecule has 7 heteroatoms. The van der Waals surface area contributed by atoms with Crippen molar-refractivity contribution < 1.29 is 15.0 Å². The molecule has 0 bridgehead atoms. The van der Waals surface area contributed by atoms with Crippen molar-refractivity contribution in [2.75, 3.05) is 0 Å². The van der Waals surface area contributed by atoms with Crippen molar-refractivity contribution in [1.82, 2.24) is 15.2 Å². The first-order valence-corrected chi connectivity index (χ1v) is 10.1. The van der Waals surface area contributed by atoms with Gasteiger partial charge in [0.1, 0.15) is 16.5 Å². The summed E-state index contributed by atoms with van der Waals surface area (Å²) in [7, 11) is 0. The molecule has 0 spiro atoms. The standard InChI is InChI=1S/C21H29N3O3S/c1-8-16-22-19(24-23-16)28-15(18(26)27)11-12-9-13(20(2,3)4)17(25)14(10-12)21(5,6)7/h9-11,25H,8H2,1-7H3,(H,26,27)(H,22,23,24)/b15-11+. The van der Waals surface area contributed by atoms with Crippen LogP contribution in [-0.4, -0.2) is 31.4 Å². The SMILES string of the molecule is CCc1nc(S/C(=C/c2cc(C(C)(C)C)c(O)c(C(C)(C)C)c2)C(=O)O)n[nH]1. The van der Waals surface area contributed by atoms with E-state index in [1.54, 1.807) is 6.08 Å². The molecule has 28 heavy (non-hydrogen) atoms. The number of hydrogen-bond donors (Lipinski definition) is 3. The van der Waals surface area contributed by atoms with Crippen molar-refractivity contribution in [1.29, 1.82) is 0 Å². The van der Waals surface area contributed by atoms with E-state index in [1.807, 2.05) is 60.6 Å². The van der Waals surface area contributed by atoms with E-state index >= 15 is 0 Å². The summed E-state index contributed by atoms with van der Waals surface area (Å²) in [5.74, 6) is -0.0688. The highest BCUT2D eigenvalue weighted by atomic mass is 32.2. The summed E-state index contributed by atoms with van der Waals surface area (Å²) in [6.45, 7) is 14.1. The molecular weight excluding hydrogens is 374 g/mol. The van der Waals surface area contributed by atoms with Gasteiger partial charge in [-0.2, -0.15) is 0 Å². The fraction of sp³-hybridized carbons (Fsp3) is 0.476. The Morgan fingerprint density at radius 3 is 2.07 bits per heavy atom. The first kappa shape index (κ1) is 22.0. The number of phenols is 1. The average Bonchev–Trinajstić information content (AvgIpc) is 3.01. The smallest absolute Gasteiger partial charge is 0.342 e. The fourth-order valence-electron chi connectivity index (χ4n) is 2.75. The molecule has 3 N–H and O–H groups in total. The Kier molecular flexibility index (Phi) is 6.28. The Morgan fingerprint density at radius 2 is 1.68 bits per heavy atom. The van der Waals surface area contributed by atoms with Crippen LogP contribution < -0.4 is 0 Å². The molecule has 1 heterocycles. The summed E-state index contributed by atoms with van der Waals surface area (Å²) in [6.07, 6.45) is 2.31. The maximum Gasteiger partial charge on any atom is 0.342 e. The van der Waals surface area contributed by atoms with Crippen LogP contribution in [0.5, 0.6) is 5.75 Å². The molecule has 0 aliphatic heterocycles. The van der Waals surface area contributed by atoms with E-state index in [9.17, 15) is 15.0 Å². The van der Waals surface area contributed by atoms with Crippen molar-refractivity contribution in [2.24, 2.45) is 0 Å². The minimum Gasteiger partial charge on any atom is -0.507 e. The lowest BCUT2D eigenvalue weighted by atomic mass is 9.78. The summed E-state index contributed by atoms with van der Waals surface area (Å²) in [4.78, 5) is 16.2. The Balaban J connectivity index is 2.57. The number of phenolic OH excluding ortho intramolecular Hbond substituents is 1. The fourth-order valence-corrected chi connectivity index (χ4v) is 3.48. The highest BCUT2D eigenvalue weighted by Crippen LogP contribution is 2.40. The lowest BCUT2D eigenvalue weighted by Crippen LogP contribution is -2.17. The first-order valence-electron chi connectivity index (χ1n) is 9.25. The maximum absolute atomic E-state index is 11.8. The molecule has 0 saturated heterocycles. The van der Waals surface area contributed by atoms with Crippen molar-refractivity contribution in [3.05, 3.63) is 39.6 Å². The molecule has 2 rings (SSSR count). The van der Waals surface area contributed by atoms with E-state index in [0.29, 0.717) is 17.4 Å². The number of benzene rings is 1. The normalized spacial score (nSPS) is 13.0. The van der Waals surface area contributed by atoms with Crippen LogP contribution in [0.2, 0.25) is 0 Å². The van der Waals surface area contributed by atoms with E-state index in [-0.39, 0.29) is 21.5 Å². The van der Waals surface area contributed by atoms with Gasteiger partial charge in [0, 0.05) is 17.5 Å². The van der Waals surface area contributed by atoms with Crippen molar-refractivity contribution in [3.8, 4) is 5.75 Å². The second-order valence-electron chi connectivity index (χ2n) is 8.80. The van der Waals surface area contributed by atoms with Gasteiger partial charge in [0.2, 0.25) is 5.16 Å². The van der Waals surface area contributed by atoms with Crippen LogP contribution in [0.25, 0.3) is 6.08 Å². The van der Waals surface area contributed by atoms with Crippen LogP contribution in [0, 0.1) is 0 Å². The van der Waals surface area contributed by atoms with Gasteiger partial charge in [-0.15, -0.1) is 5.10 Å². The second-order valence-corrected chi connectivity index (χ2v) is 9.81. The van der Waals surface area contributed by atoms with Crippen molar-refractivity contribution in [3.63, 3.8) is 0 Å². The monoisotopic (exact) mass is 403 g/mol. The van der Waals surface area contributed by atoms with E-state index in [0.717, 1.165) is 28.5 Å². The molecular formula is C21H29N3O3S. The number of aromatic amines is 1. The Morgan fingerprint density at radius 1 is 1.14 bits per heavy atom. The number of H-pyrrole nitrogens is 1. The minimum absolute atomic E-state index is 0.118. The van der Waals surface area contributed by atoms with Crippen LogP contribution in [0.1, 0.15) is 71.0 Å². The quantitative estimate of drug-likeness (QED) is 0.486. The van der Waals surface area contributed by atoms with Gasteiger partial charge >= 0.3 is 5.97 Å². The van der Waals surface area contributed by atoms with Crippen molar-refractivity contribution >= 4 is 23.8 Å². The van der Waals surface area contributed by atoms with Gasteiger partial charge in [-0.05, 0) is 46.4 Å². The number of nitrogens with zero attached hydrogens (tertiary/aromatic N) is 2. The number of aliphatic carboxylic acids is 1. The van der Waals surface area contributed by atoms with Gasteiger partial charge in [0.25, 0.3) is 0 Å². The molecule has 0 aliphatic rings. The Labute approximate surface area is 170 Å². The first-order chi connectivity index (χ1) is 12.8. The summed E-state index contributed by atoms with van der Waals surface area (Å²) in [5.41, 5.74) is 1.72.